The summed E-state index contributed by atoms with van der Waals surface area (Å²) >= 11 is 5.83. The molecule has 1 fully saturated rings. The van der Waals surface area contributed by atoms with Crippen molar-refractivity contribution in [3.63, 3.8) is 0 Å². The molecule has 0 bridgehead atoms. The third-order valence-corrected chi connectivity index (χ3v) is 4.13. The Bertz CT molecular complexity index is 396. The number of aliphatic hydroxyl groups excluding tert-OH is 1. The molecule has 1 aromatic rings. The first-order chi connectivity index (χ1) is 9.65. The summed E-state index contributed by atoms with van der Waals surface area (Å²) < 4.78 is 5.58. The van der Waals surface area contributed by atoms with Crippen LogP contribution < -0.4 is 0 Å². The summed E-state index contributed by atoms with van der Waals surface area (Å²) in [6.07, 6.45) is 3.37. The molecule has 1 aromatic carbocycles. The van der Waals surface area contributed by atoms with Crippen LogP contribution in [0.3, 0.4) is 0 Å². The summed E-state index contributed by atoms with van der Waals surface area (Å²) in [4.78, 5) is 2.36. The fourth-order valence-corrected chi connectivity index (χ4v) is 2.77. The van der Waals surface area contributed by atoms with Crippen molar-refractivity contribution in [1.29, 1.82) is 0 Å². The number of ether oxygens (including phenoxy) is 1. The Balaban J connectivity index is 1.67. The highest BCUT2D eigenvalue weighted by molar-refractivity contribution is 6.30. The van der Waals surface area contributed by atoms with E-state index in [1.54, 1.807) is 0 Å². The van der Waals surface area contributed by atoms with E-state index in [2.05, 4.69) is 11.8 Å². The molecule has 2 atom stereocenters. The lowest BCUT2D eigenvalue weighted by Crippen LogP contribution is -2.43. The van der Waals surface area contributed by atoms with Gasteiger partial charge >= 0.3 is 0 Å². The van der Waals surface area contributed by atoms with Crippen LogP contribution in [0.2, 0.25) is 5.02 Å². The summed E-state index contributed by atoms with van der Waals surface area (Å²) in [5, 5.41) is 10.8. The predicted molar refractivity (Wildman–Crippen MR) is 82.0 cm³/mol. The van der Waals surface area contributed by atoms with Crippen LogP contribution >= 0.6 is 11.6 Å². The molecule has 1 heterocycles. The molecule has 0 radical (unpaired) electrons. The summed E-state index contributed by atoms with van der Waals surface area (Å²) in [6.45, 7) is 4.94. The lowest BCUT2D eigenvalue weighted by atomic mass is 10.0. The van der Waals surface area contributed by atoms with E-state index in [1.165, 1.54) is 19.3 Å². The minimum absolute atomic E-state index is 0.381. The molecule has 1 aliphatic rings. The number of β-amino-alcohol motifs (C(OH)–C–C–N with tert-alkyl or cyclic N) is 1. The maximum absolute atomic E-state index is 10.1. The average Bonchev–Trinajstić information content (AvgIpc) is 2.44. The molecule has 1 N–H and O–H groups in total. The van der Waals surface area contributed by atoms with Crippen LogP contribution in [0.15, 0.2) is 24.3 Å². The second kappa shape index (κ2) is 7.99. The van der Waals surface area contributed by atoms with Gasteiger partial charge in [-0.2, -0.15) is 0 Å². The monoisotopic (exact) mass is 297 g/mol. The van der Waals surface area contributed by atoms with Crippen LogP contribution in [0, 0.1) is 0 Å². The Morgan fingerprint density at radius 1 is 1.35 bits per heavy atom. The van der Waals surface area contributed by atoms with Crippen LogP contribution in [0.5, 0.6) is 0 Å². The van der Waals surface area contributed by atoms with E-state index in [0.717, 1.165) is 17.1 Å². The molecule has 1 aliphatic heterocycles. The van der Waals surface area contributed by atoms with Crippen LogP contribution in [0.4, 0.5) is 0 Å². The smallest absolute Gasteiger partial charge is 0.0900 e. The molecule has 20 heavy (non-hydrogen) atoms. The molecular weight excluding hydrogens is 274 g/mol. The number of likely N-dealkylation sites (tertiary alicyclic amines) is 1. The van der Waals surface area contributed by atoms with Gasteiger partial charge in [0, 0.05) is 17.6 Å². The van der Waals surface area contributed by atoms with Crippen LogP contribution in [-0.4, -0.2) is 41.8 Å². The summed E-state index contributed by atoms with van der Waals surface area (Å²) in [5.41, 5.74) is 1.08. The minimum Gasteiger partial charge on any atom is -0.389 e. The number of nitrogens with zero attached hydrogens (tertiary/aromatic N) is 1. The summed E-state index contributed by atoms with van der Waals surface area (Å²) in [6, 6.07) is 8.18. The minimum atomic E-state index is -0.414. The van der Waals surface area contributed by atoms with Crippen molar-refractivity contribution >= 4 is 11.6 Å². The van der Waals surface area contributed by atoms with Gasteiger partial charge in [0.15, 0.2) is 0 Å². The van der Waals surface area contributed by atoms with Gasteiger partial charge < -0.3 is 9.84 Å². The first-order valence-electron chi connectivity index (χ1n) is 7.39. The first-order valence-corrected chi connectivity index (χ1v) is 7.77. The van der Waals surface area contributed by atoms with Gasteiger partial charge in [-0.05, 0) is 44.0 Å². The van der Waals surface area contributed by atoms with Crippen molar-refractivity contribution in [2.45, 2.75) is 44.9 Å². The maximum atomic E-state index is 10.1. The number of rotatable bonds is 6. The highest BCUT2D eigenvalue weighted by Crippen LogP contribution is 2.16. The van der Waals surface area contributed by atoms with E-state index >= 15 is 0 Å². The Hall–Kier alpha value is -0.610. The lowest BCUT2D eigenvalue weighted by Gasteiger charge is -2.34. The second-order valence-corrected chi connectivity index (χ2v) is 6.07. The van der Waals surface area contributed by atoms with Crippen molar-refractivity contribution < 1.29 is 9.84 Å². The van der Waals surface area contributed by atoms with Gasteiger partial charge in [-0.25, -0.2) is 0 Å². The molecule has 0 amide bonds. The Morgan fingerprint density at radius 3 is 2.80 bits per heavy atom. The number of aliphatic hydroxyl groups is 1. The molecule has 1 saturated heterocycles. The third-order valence-electron chi connectivity index (χ3n) is 3.88. The number of benzene rings is 1. The summed E-state index contributed by atoms with van der Waals surface area (Å²) in [7, 11) is 0. The largest absolute Gasteiger partial charge is 0.389 e. The van der Waals surface area contributed by atoms with Gasteiger partial charge in [-0.1, -0.05) is 30.2 Å². The molecule has 4 heteroatoms. The Kier molecular flexibility index (Phi) is 6.30. The highest BCUT2D eigenvalue weighted by Gasteiger charge is 2.20. The third kappa shape index (κ3) is 5.06. The topological polar surface area (TPSA) is 32.7 Å². The van der Waals surface area contributed by atoms with Crippen molar-refractivity contribution in [2.75, 3.05) is 19.7 Å². The van der Waals surface area contributed by atoms with E-state index < -0.39 is 6.10 Å². The van der Waals surface area contributed by atoms with Crippen molar-refractivity contribution in [3.8, 4) is 0 Å². The highest BCUT2D eigenvalue weighted by atomic mass is 35.5. The number of hydrogen-bond donors (Lipinski definition) is 1. The van der Waals surface area contributed by atoms with E-state index in [9.17, 15) is 5.11 Å². The van der Waals surface area contributed by atoms with Crippen LogP contribution in [0.1, 0.15) is 31.7 Å². The van der Waals surface area contributed by atoms with Crippen molar-refractivity contribution in [1.82, 2.24) is 4.90 Å². The number of hydrogen-bond acceptors (Lipinski definition) is 3. The zero-order valence-electron chi connectivity index (χ0n) is 12.1. The van der Waals surface area contributed by atoms with Gasteiger partial charge in [0.25, 0.3) is 0 Å². The average molecular weight is 298 g/mol. The Morgan fingerprint density at radius 2 is 2.10 bits per heavy atom. The standard InChI is InChI=1S/C16H24ClNO2/c1-13-4-2-3-9-18(13)10-16(19)12-20-11-14-5-7-15(17)8-6-14/h5-8,13,16,19H,2-4,9-12H2,1H3/t13-,16-/m0/s1. The van der Waals surface area contributed by atoms with E-state index in [1.807, 2.05) is 24.3 Å². The molecule has 0 spiro atoms. The molecule has 0 unspecified atom stereocenters. The van der Waals surface area contributed by atoms with Crippen LogP contribution in [-0.2, 0) is 11.3 Å². The molecule has 112 valence electrons. The van der Waals surface area contributed by atoms with Crippen molar-refractivity contribution in [2.24, 2.45) is 0 Å². The van der Waals surface area contributed by atoms with Crippen molar-refractivity contribution in [3.05, 3.63) is 34.9 Å². The second-order valence-electron chi connectivity index (χ2n) is 5.64. The zero-order valence-corrected chi connectivity index (χ0v) is 12.9. The SMILES string of the molecule is C[C@H]1CCCCN1C[C@H](O)COCc1ccc(Cl)cc1. The van der Waals surface area contributed by atoms with Crippen LogP contribution in [0.25, 0.3) is 0 Å². The molecule has 2 rings (SSSR count). The number of piperidine rings is 1. The van der Waals surface area contributed by atoms with Gasteiger partial charge in [-0.3, -0.25) is 4.90 Å². The lowest BCUT2D eigenvalue weighted by molar-refractivity contribution is -0.00139. The maximum Gasteiger partial charge on any atom is 0.0900 e. The summed E-state index contributed by atoms with van der Waals surface area (Å²) in [5.74, 6) is 0. The van der Waals surface area contributed by atoms with E-state index in [0.29, 0.717) is 25.8 Å². The molecular formula is C16H24ClNO2. The zero-order chi connectivity index (χ0) is 14.4. The first kappa shape index (κ1) is 15.8. The van der Waals surface area contributed by atoms with E-state index in [4.69, 9.17) is 16.3 Å². The predicted octanol–water partition coefficient (Wildman–Crippen LogP) is 3.09. The van der Waals surface area contributed by atoms with Gasteiger partial charge in [0.1, 0.15) is 0 Å². The number of halogens is 1. The van der Waals surface area contributed by atoms with E-state index in [-0.39, 0.29) is 0 Å². The molecule has 3 nitrogen and oxygen atoms in total. The Labute approximate surface area is 126 Å². The normalized spacial score (nSPS) is 21.9. The quantitative estimate of drug-likeness (QED) is 0.876. The van der Waals surface area contributed by atoms with Gasteiger partial charge in [-0.15, -0.1) is 0 Å². The fourth-order valence-electron chi connectivity index (χ4n) is 2.65. The molecule has 0 saturated carbocycles. The van der Waals surface area contributed by atoms with Gasteiger partial charge in [0.2, 0.25) is 0 Å². The fraction of sp³-hybridized carbons (Fsp3) is 0.625. The molecule has 0 aromatic heterocycles. The van der Waals surface area contributed by atoms with Gasteiger partial charge in [0.05, 0.1) is 19.3 Å². The molecule has 0 aliphatic carbocycles.